The van der Waals surface area contributed by atoms with E-state index in [1.54, 1.807) is 19.1 Å². The van der Waals surface area contributed by atoms with Gasteiger partial charge in [0.15, 0.2) is 5.03 Å². The largest absolute Gasteiger partial charge is 0.281 e. The number of benzene rings is 1. The van der Waals surface area contributed by atoms with Gasteiger partial charge in [-0.25, -0.2) is 0 Å². The highest BCUT2D eigenvalue weighted by molar-refractivity contribution is 9.10. The average Bonchev–Trinajstić information content (AvgIpc) is 2.47. The van der Waals surface area contributed by atoms with Crippen molar-refractivity contribution in [1.29, 1.82) is 0 Å². The van der Waals surface area contributed by atoms with E-state index in [0.29, 0.717) is 11.4 Å². The third-order valence-corrected chi connectivity index (χ3v) is 4.88. The SMILES string of the molecule is Cc1ccc(S(=O)(=O)Nc2cnc3c(Br)cccc3c2)nn1. The molecule has 0 amide bonds. The number of anilines is 1. The summed E-state index contributed by atoms with van der Waals surface area (Å²) in [6.45, 7) is 1.74. The van der Waals surface area contributed by atoms with E-state index in [0.717, 1.165) is 15.4 Å². The molecule has 0 fully saturated rings. The van der Waals surface area contributed by atoms with Crippen LogP contribution in [-0.2, 0) is 10.0 Å². The molecule has 3 aromatic rings. The molecule has 0 bridgehead atoms. The van der Waals surface area contributed by atoms with E-state index in [2.05, 4.69) is 35.8 Å². The Labute approximate surface area is 135 Å². The van der Waals surface area contributed by atoms with Crippen LogP contribution in [-0.4, -0.2) is 23.6 Å². The first-order chi connectivity index (χ1) is 10.5. The van der Waals surface area contributed by atoms with Gasteiger partial charge in [-0.3, -0.25) is 9.71 Å². The van der Waals surface area contributed by atoms with Crippen LogP contribution in [0.3, 0.4) is 0 Å². The summed E-state index contributed by atoms with van der Waals surface area (Å²) in [5.74, 6) is 0. The van der Waals surface area contributed by atoms with E-state index in [-0.39, 0.29) is 5.03 Å². The zero-order chi connectivity index (χ0) is 15.7. The Hall–Kier alpha value is -2.06. The van der Waals surface area contributed by atoms with Crippen LogP contribution in [0.2, 0.25) is 0 Å². The number of halogens is 1. The molecule has 0 saturated carbocycles. The zero-order valence-corrected chi connectivity index (χ0v) is 13.9. The molecule has 1 N–H and O–H groups in total. The van der Waals surface area contributed by atoms with Crippen molar-refractivity contribution in [3.63, 3.8) is 0 Å². The zero-order valence-electron chi connectivity index (χ0n) is 11.5. The molecule has 1 aromatic carbocycles. The third-order valence-electron chi connectivity index (χ3n) is 2.96. The average molecular weight is 379 g/mol. The molecule has 0 atom stereocenters. The van der Waals surface area contributed by atoms with Gasteiger partial charge in [0.25, 0.3) is 10.0 Å². The first-order valence-corrected chi connectivity index (χ1v) is 8.61. The quantitative estimate of drug-likeness (QED) is 0.757. The smallest absolute Gasteiger partial charge is 0.277 e. The molecule has 0 radical (unpaired) electrons. The number of aromatic nitrogens is 3. The highest BCUT2D eigenvalue weighted by Crippen LogP contribution is 2.24. The molecule has 0 aliphatic carbocycles. The van der Waals surface area contributed by atoms with Gasteiger partial charge < -0.3 is 0 Å². The van der Waals surface area contributed by atoms with Crippen molar-refractivity contribution in [2.45, 2.75) is 11.9 Å². The van der Waals surface area contributed by atoms with E-state index in [1.165, 1.54) is 12.3 Å². The van der Waals surface area contributed by atoms with E-state index in [4.69, 9.17) is 0 Å². The summed E-state index contributed by atoms with van der Waals surface area (Å²) in [4.78, 5) is 4.26. The van der Waals surface area contributed by atoms with Gasteiger partial charge >= 0.3 is 0 Å². The van der Waals surface area contributed by atoms with Crippen LogP contribution < -0.4 is 4.72 Å². The van der Waals surface area contributed by atoms with Crippen LogP contribution in [0.5, 0.6) is 0 Å². The molecule has 3 rings (SSSR count). The van der Waals surface area contributed by atoms with E-state index < -0.39 is 10.0 Å². The van der Waals surface area contributed by atoms with Gasteiger partial charge in [-0.05, 0) is 47.1 Å². The Bertz CT molecular complexity index is 943. The Kier molecular flexibility index (Phi) is 3.79. The van der Waals surface area contributed by atoms with Crippen molar-refractivity contribution in [1.82, 2.24) is 15.2 Å². The summed E-state index contributed by atoms with van der Waals surface area (Å²) >= 11 is 3.41. The van der Waals surface area contributed by atoms with E-state index >= 15 is 0 Å². The van der Waals surface area contributed by atoms with Gasteiger partial charge in [0.05, 0.1) is 23.1 Å². The van der Waals surface area contributed by atoms with E-state index in [9.17, 15) is 8.42 Å². The van der Waals surface area contributed by atoms with Crippen LogP contribution >= 0.6 is 15.9 Å². The molecule has 2 aromatic heterocycles. The first kappa shape index (κ1) is 14.9. The number of para-hydroxylation sites is 1. The first-order valence-electron chi connectivity index (χ1n) is 6.33. The molecule has 8 heteroatoms. The van der Waals surface area contributed by atoms with Gasteiger partial charge in [-0.2, -0.15) is 13.5 Å². The second-order valence-electron chi connectivity index (χ2n) is 4.65. The Balaban J connectivity index is 1.97. The number of rotatable bonds is 3. The predicted octanol–water partition coefficient (Wildman–Crippen LogP) is 2.90. The fraction of sp³-hybridized carbons (Fsp3) is 0.0714. The molecule has 0 saturated heterocycles. The molecular formula is C14H11BrN4O2S. The minimum Gasteiger partial charge on any atom is -0.277 e. The third kappa shape index (κ3) is 2.93. The number of aryl methyl sites for hydroxylation is 1. The standard InChI is InChI=1S/C14H11BrN4O2S/c1-9-5-6-13(18-17-9)22(20,21)19-11-7-10-3-2-4-12(15)14(10)16-8-11/h2-8,19H,1H3. The molecule has 2 heterocycles. The predicted molar refractivity (Wildman–Crippen MR) is 87.0 cm³/mol. The van der Waals surface area contributed by atoms with Crippen molar-refractivity contribution >= 4 is 42.5 Å². The summed E-state index contributed by atoms with van der Waals surface area (Å²) in [5, 5.41) is 8.14. The summed E-state index contributed by atoms with van der Waals surface area (Å²) in [7, 11) is -3.78. The minimum atomic E-state index is -3.78. The molecule has 0 unspecified atom stereocenters. The lowest BCUT2D eigenvalue weighted by Crippen LogP contribution is -2.15. The molecule has 22 heavy (non-hydrogen) atoms. The second kappa shape index (κ2) is 5.62. The normalized spacial score (nSPS) is 11.5. The lowest BCUT2D eigenvalue weighted by Gasteiger charge is -2.08. The van der Waals surface area contributed by atoms with Crippen molar-refractivity contribution in [3.05, 3.63) is 52.8 Å². The molecule has 112 valence electrons. The second-order valence-corrected chi connectivity index (χ2v) is 7.14. The number of hydrogen-bond donors (Lipinski definition) is 1. The summed E-state index contributed by atoms with van der Waals surface area (Å²) < 4.78 is 27.8. The van der Waals surface area contributed by atoms with Crippen molar-refractivity contribution < 1.29 is 8.42 Å². The number of hydrogen-bond acceptors (Lipinski definition) is 5. The molecule has 0 spiro atoms. The Morgan fingerprint density at radius 3 is 2.68 bits per heavy atom. The molecule has 0 aliphatic heterocycles. The number of nitrogens with one attached hydrogen (secondary N) is 1. The Morgan fingerprint density at radius 2 is 1.95 bits per heavy atom. The summed E-state index contributed by atoms with van der Waals surface area (Å²) in [5.41, 5.74) is 1.78. The molecule has 6 nitrogen and oxygen atoms in total. The number of nitrogens with zero attached hydrogens (tertiary/aromatic N) is 3. The van der Waals surface area contributed by atoms with Crippen LogP contribution in [0.4, 0.5) is 5.69 Å². The van der Waals surface area contributed by atoms with E-state index in [1.807, 2.05) is 18.2 Å². The highest BCUT2D eigenvalue weighted by atomic mass is 79.9. The molecular weight excluding hydrogens is 368 g/mol. The van der Waals surface area contributed by atoms with Crippen LogP contribution in [0.1, 0.15) is 5.69 Å². The number of sulfonamides is 1. The van der Waals surface area contributed by atoms with Crippen molar-refractivity contribution in [3.8, 4) is 0 Å². The van der Waals surface area contributed by atoms with Gasteiger partial charge in [0.1, 0.15) is 0 Å². The minimum absolute atomic E-state index is 0.132. The van der Waals surface area contributed by atoms with Crippen LogP contribution in [0, 0.1) is 6.92 Å². The van der Waals surface area contributed by atoms with Crippen molar-refractivity contribution in [2.75, 3.05) is 4.72 Å². The fourth-order valence-electron chi connectivity index (χ4n) is 1.92. The number of fused-ring (bicyclic) bond motifs is 1. The van der Waals surface area contributed by atoms with Gasteiger partial charge in [0.2, 0.25) is 0 Å². The number of pyridine rings is 1. The van der Waals surface area contributed by atoms with Crippen LogP contribution in [0.25, 0.3) is 10.9 Å². The maximum atomic E-state index is 12.3. The summed E-state index contributed by atoms with van der Waals surface area (Å²) in [6, 6.07) is 10.3. The maximum absolute atomic E-state index is 12.3. The molecule has 0 aliphatic rings. The van der Waals surface area contributed by atoms with Gasteiger partial charge in [0, 0.05) is 9.86 Å². The topological polar surface area (TPSA) is 84.8 Å². The summed E-state index contributed by atoms with van der Waals surface area (Å²) in [6.07, 6.45) is 1.46. The Morgan fingerprint density at radius 1 is 1.14 bits per heavy atom. The van der Waals surface area contributed by atoms with Gasteiger partial charge in [-0.15, -0.1) is 5.10 Å². The van der Waals surface area contributed by atoms with Crippen LogP contribution in [0.15, 0.2) is 52.1 Å². The van der Waals surface area contributed by atoms with Gasteiger partial charge in [-0.1, -0.05) is 12.1 Å². The van der Waals surface area contributed by atoms with Crippen molar-refractivity contribution in [2.24, 2.45) is 0 Å². The fourth-order valence-corrected chi connectivity index (χ4v) is 3.32. The monoisotopic (exact) mass is 378 g/mol. The highest BCUT2D eigenvalue weighted by Gasteiger charge is 2.17. The lowest BCUT2D eigenvalue weighted by molar-refractivity contribution is 0.595. The maximum Gasteiger partial charge on any atom is 0.281 e. The lowest BCUT2D eigenvalue weighted by atomic mass is 10.2.